The summed E-state index contributed by atoms with van der Waals surface area (Å²) in [6, 6.07) is 8.96. The van der Waals surface area contributed by atoms with E-state index in [0.717, 1.165) is 13.0 Å². The lowest BCUT2D eigenvalue weighted by Crippen LogP contribution is -2.62. The minimum atomic E-state index is -1.09. The monoisotopic (exact) mass is 430 g/mol. The predicted octanol–water partition coefficient (Wildman–Crippen LogP) is 1.97. The van der Waals surface area contributed by atoms with Crippen LogP contribution >= 0.6 is 11.8 Å². The summed E-state index contributed by atoms with van der Waals surface area (Å²) >= 11 is 1.52. The summed E-state index contributed by atoms with van der Waals surface area (Å²) in [6.07, 6.45) is 1.09. The molecule has 0 saturated carbocycles. The van der Waals surface area contributed by atoms with Crippen LogP contribution in [-0.2, 0) is 9.59 Å². The van der Waals surface area contributed by atoms with Crippen molar-refractivity contribution >= 4 is 29.4 Å². The summed E-state index contributed by atoms with van der Waals surface area (Å²) in [5, 5.41) is 20.0. The fourth-order valence-electron chi connectivity index (χ4n) is 4.64. The predicted molar refractivity (Wildman–Crippen MR) is 113 cm³/mol. The second kappa shape index (κ2) is 8.53. The van der Waals surface area contributed by atoms with E-state index in [-0.39, 0.29) is 28.7 Å². The van der Waals surface area contributed by atoms with Gasteiger partial charge in [0.1, 0.15) is 5.70 Å². The van der Waals surface area contributed by atoms with Crippen LogP contribution in [0.4, 0.5) is 0 Å². The highest BCUT2D eigenvalue weighted by molar-refractivity contribution is 8.03. The van der Waals surface area contributed by atoms with Crippen molar-refractivity contribution in [3.63, 3.8) is 0 Å². The highest BCUT2D eigenvalue weighted by Gasteiger charge is 2.57. The van der Waals surface area contributed by atoms with E-state index in [4.69, 9.17) is 0 Å². The van der Waals surface area contributed by atoms with E-state index in [2.05, 4.69) is 4.90 Å². The Bertz CT molecular complexity index is 887. The Morgan fingerprint density at radius 3 is 2.67 bits per heavy atom. The Hall–Kier alpha value is -2.16. The number of carbonyl (C=O) groups excluding carboxylic acids is 2. The summed E-state index contributed by atoms with van der Waals surface area (Å²) in [7, 11) is 0. The molecule has 1 amide bonds. The molecule has 4 rings (SSSR count). The molecule has 8 heteroatoms. The molecular formula is C22H26N2O5S. The molecule has 0 bridgehead atoms. The number of aliphatic hydroxyl groups is 1. The van der Waals surface area contributed by atoms with Crippen LogP contribution in [0, 0.1) is 5.92 Å². The number of Topliss-reactive ketones (excluding diaryl/α,β-unsaturated/α-hetero) is 1. The number of aliphatic carboxylic acids is 1. The molecule has 2 fully saturated rings. The number of thioether (sulfide) groups is 1. The third kappa shape index (κ3) is 3.79. The molecule has 2 saturated heterocycles. The first-order valence-electron chi connectivity index (χ1n) is 10.4. The SMILES string of the molecule is CC[C@H](O)[C@@H]1C(=O)N2C(C(=O)O)=C(S[C@H]3CCN(CC(=O)c4ccccc4)C3)C[C@H]12. The molecule has 4 atom stereocenters. The first-order valence-corrected chi connectivity index (χ1v) is 11.2. The van der Waals surface area contributed by atoms with Gasteiger partial charge in [-0.3, -0.25) is 14.5 Å². The molecule has 0 spiro atoms. The smallest absolute Gasteiger partial charge is 0.353 e. The Labute approximate surface area is 179 Å². The number of carboxylic acid groups (broad SMARTS) is 1. The van der Waals surface area contributed by atoms with Gasteiger partial charge in [0.2, 0.25) is 5.91 Å². The topological polar surface area (TPSA) is 98.2 Å². The zero-order valence-corrected chi connectivity index (χ0v) is 17.7. The Morgan fingerprint density at radius 2 is 2.00 bits per heavy atom. The normalized spacial score (nSPS) is 27.2. The van der Waals surface area contributed by atoms with Crippen molar-refractivity contribution in [2.45, 2.75) is 43.6 Å². The van der Waals surface area contributed by atoms with Crippen molar-refractivity contribution < 1.29 is 24.6 Å². The van der Waals surface area contributed by atoms with Crippen molar-refractivity contribution in [2.75, 3.05) is 19.6 Å². The first kappa shape index (κ1) is 21.1. The van der Waals surface area contributed by atoms with Crippen LogP contribution in [0.1, 0.15) is 36.5 Å². The molecule has 2 N–H and O–H groups in total. The van der Waals surface area contributed by atoms with Gasteiger partial charge in [0, 0.05) is 28.7 Å². The summed E-state index contributed by atoms with van der Waals surface area (Å²) < 4.78 is 0. The zero-order chi connectivity index (χ0) is 21.4. The number of likely N-dealkylation sites (tertiary alicyclic amines) is 1. The number of hydrogen-bond acceptors (Lipinski definition) is 6. The van der Waals surface area contributed by atoms with E-state index in [1.807, 2.05) is 37.3 Å². The molecular weight excluding hydrogens is 404 g/mol. The second-order valence-corrected chi connectivity index (χ2v) is 9.51. The zero-order valence-electron chi connectivity index (χ0n) is 16.9. The Morgan fingerprint density at radius 1 is 1.27 bits per heavy atom. The van der Waals surface area contributed by atoms with Gasteiger partial charge in [0.25, 0.3) is 0 Å². The Kier molecular flexibility index (Phi) is 5.99. The van der Waals surface area contributed by atoms with Gasteiger partial charge in [-0.15, -0.1) is 11.8 Å². The van der Waals surface area contributed by atoms with Gasteiger partial charge in [-0.2, -0.15) is 0 Å². The lowest BCUT2D eigenvalue weighted by molar-refractivity contribution is -0.162. The first-order chi connectivity index (χ1) is 14.4. The van der Waals surface area contributed by atoms with Gasteiger partial charge in [0.05, 0.1) is 24.6 Å². The van der Waals surface area contributed by atoms with E-state index in [0.29, 0.717) is 36.4 Å². The van der Waals surface area contributed by atoms with E-state index in [1.54, 1.807) is 0 Å². The van der Waals surface area contributed by atoms with Gasteiger partial charge in [-0.05, 0) is 19.4 Å². The highest BCUT2D eigenvalue weighted by Crippen LogP contribution is 2.49. The average molecular weight is 431 g/mol. The number of β-lactam (4-membered cyclic amide) rings is 1. The number of rotatable bonds is 8. The summed E-state index contributed by atoms with van der Waals surface area (Å²) in [5.41, 5.74) is 0.775. The second-order valence-electron chi connectivity index (χ2n) is 8.11. The number of hydrogen-bond donors (Lipinski definition) is 2. The van der Waals surface area contributed by atoms with E-state index >= 15 is 0 Å². The number of benzene rings is 1. The van der Waals surface area contributed by atoms with E-state index in [9.17, 15) is 24.6 Å². The molecule has 30 heavy (non-hydrogen) atoms. The standard InChI is InChI=1S/C22H26N2O5S/c1-2-16(25)19-15-10-18(20(22(28)29)24(15)21(19)27)30-14-8-9-23(11-14)12-17(26)13-6-4-3-5-7-13/h3-7,14-16,19,25H,2,8-12H2,1H3,(H,28,29)/t14-,15+,16-,19+/m0/s1. The van der Waals surface area contributed by atoms with Crippen LogP contribution in [0.25, 0.3) is 0 Å². The minimum absolute atomic E-state index is 0.0772. The quantitative estimate of drug-likeness (QED) is 0.481. The number of nitrogens with zero attached hydrogens (tertiary/aromatic N) is 2. The summed E-state index contributed by atoms with van der Waals surface area (Å²) in [4.78, 5) is 40.9. The largest absolute Gasteiger partial charge is 0.477 e. The van der Waals surface area contributed by atoms with Gasteiger partial charge in [0.15, 0.2) is 5.78 Å². The fourth-order valence-corrected chi connectivity index (χ4v) is 6.12. The van der Waals surface area contributed by atoms with Crippen LogP contribution in [0.5, 0.6) is 0 Å². The van der Waals surface area contributed by atoms with Gasteiger partial charge >= 0.3 is 5.97 Å². The third-order valence-corrected chi connectivity index (χ3v) is 7.57. The number of aliphatic hydroxyl groups excluding tert-OH is 1. The van der Waals surface area contributed by atoms with Gasteiger partial charge in [-0.1, -0.05) is 37.3 Å². The molecule has 3 heterocycles. The highest BCUT2D eigenvalue weighted by atomic mass is 32.2. The van der Waals surface area contributed by atoms with Gasteiger partial charge in [-0.25, -0.2) is 4.79 Å². The number of carbonyl (C=O) groups is 3. The number of amides is 1. The van der Waals surface area contributed by atoms with Crippen LogP contribution in [-0.4, -0.2) is 74.7 Å². The van der Waals surface area contributed by atoms with E-state index in [1.165, 1.54) is 16.7 Å². The van der Waals surface area contributed by atoms with Crippen molar-refractivity contribution in [2.24, 2.45) is 5.92 Å². The van der Waals surface area contributed by atoms with Crippen molar-refractivity contribution in [1.82, 2.24) is 9.80 Å². The number of ketones is 1. The van der Waals surface area contributed by atoms with Crippen LogP contribution in [0.2, 0.25) is 0 Å². The van der Waals surface area contributed by atoms with Gasteiger partial charge < -0.3 is 15.1 Å². The third-order valence-electron chi connectivity index (χ3n) is 6.20. The summed E-state index contributed by atoms with van der Waals surface area (Å²) in [6.45, 7) is 3.67. The molecule has 7 nitrogen and oxygen atoms in total. The number of carboxylic acids is 1. The lowest BCUT2D eigenvalue weighted by Gasteiger charge is -2.45. The minimum Gasteiger partial charge on any atom is -0.477 e. The summed E-state index contributed by atoms with van der Waals surface area (Å²) in [5.74, 6) is -1.81. The molecule has 1 aromatic rings. The Balaban J connectivity index is 1.39. The van der Waals surface area contributed by atoms with E-state index < -0.39 is 18.0 Å². The molecule has 0 aromatic heterocycles. The van der Waals surface area contributed by atoms with Crippen molar-refractivity contribution in [3.05, 3.63) is 46.5 Å². The maximum absolute atomic E-state index is 12.5. The molecule has 1 aromatic carbocycles. The molecule has 3 aliphatic rings. The van der Waals surface area contributed by atoms with Crippen molar-refractivity contribution in [3.8, 4) is 0 Å². The molecule has 160 valence electrons. The van der Waals surface area contributed by atoms with Crippen LogP contribution in [0.3, 0.4) is 0 Å². The molecule has 3 aliphatic heterocycles. The van der Waals surface area contributed by atoms with Crippen molar-refractivity contribution in [1.29, 1.82) is 0 Å². The fraction of sp³-hybridized carbons (Fsp3) is 0.500. The number of fused-ring (bicyclic) bond motifs is 1. The van der Waals surface area contributed by atoms with Crippen LogP contribution in [0.15, 0.2) is 40.9 Å². The van der Waals surface area contributed by atoms with Crippen LogP contribution < -0.4 is 0 Å². The molecule has 0 aliphatic carbocycles. The maximum atomic E-state index is 12.5. The molecule has 0 radical (unpaired) electrons. The molecule has 0 unspecified atom stereocenters. The maximum Gasteiger partial charge on any atom is 0.353 e. The lowest BCUT2D eigenvalue weighted by atomic mass is 9.82. The average Bonchev–Trinajstić information content (AvgIpc) is 3.31.